The first-order valence-electron chi connectivity index (χ1n) is 10.5. The first kappa shape index (κ1) is 21.3. The van der Waals surface area contributed by atoms with Crippen molar-refractivity contribution in [2.45, 2.75) is 29.4 Å². The third-order valence-corrected chi connectivity index (χ3v) is 7.18. The lowest BCUT2D eigenvalue weighted by Gasteiger charge is -2.41. The topological polar surface area (TPSA) is 55.4 Å². The Morgan fingerprint density at radius 3 is 1.65 bits per heavy atom. The van der Waals surface area contributed by atoms with Gasteiger partial charge in [-0.1, -0.05) is 110 Å². The summed E-state index contributed by atoms with van der Waals surface area (Å²) in [4.78, 5) is 24.1. The lowest BCUT2D eigenvalue weighted by Crippen LogP contribution is -2.43. The molecule has 1 aliphatic heterocycles. The average Bonchev–Trinajstić information content (AvgIpc) is 3.10. The second-order valence-corrected chi connectivity index (χ2v) is 9.01. The van der Waals surface area contributed by atoms with Crippen molar-refractivity contribution in [1.29, 1.82) is 0 Å². The number of carbonyl (C=O) groups is 2. The Bertz CT molecular complexity index is 943. The number of nitrogens with one attached hydrogen (secondary N) is 1. The van der Waals surface area contributed by atoms with E-state index in [1.165, 1.54) is 11.8 Å². The zero-order valence-electron chi connectivity index (χ0n) is 17.4. The maximum absolute atomic E-state index is 13.1. The molecule has 1 unspecified atom stereocenters. The van der Waals surface area contributed by atoms with E-state index in [1.54, 1.807) is 0 Å². The van der Waals surface area contributed by atoms with E-state index in [0.717, 1.165) is 23.1 Å². The predicted octanol–water partition coefficient (Wildman–Crippen LogP) is 4.88. The van der Waals surface area contributed by atoms with Crippen LogP contribution in [0.5, 0.6) is 0 Å². The summed E-state index contributed by atoms with van der Waals surface area (Å²) in [5.41, 5.74) is 3.05. The quantitative estimate of drug-likeness (QED) is 0.314. The fourth-order valence-electron chi connectivity index (χ4n) is 4.00. The van der Waals surface area contributed by atoms with Crippen LogP contribution in [0.15, 0.2) is 91.0 Å². The fraction of sp³-hybridized carbons (Fsp3) is 0.231. The molecule has 2 amide bonds. The molecule has 1 saturated heterocycles. The smallest absolute Gasteiger partial charge is 0.269 e. The Labute approximate surface area is 187 Å². The summed E-state index contributed by atoms with van der Waals surface area (Å²) in [6.45, 7) is 2.38. The summed E-state index contributed by atoms with van der Waals surface area (Å²) >= 11 is 1.40. The van der Waals surface area contributed by atoms with Crippen molar-refractivity contribution in [3.8, 4) is 0 Å². The standard InChI is InChI=1S/C26H25NO3S/c1-2-18-30-25(19-23(28)27-24(25)29)31-26(20-12-6-3-7-13-20,21-14-8-4-9-15-21)22-16-10-5-11-17-22/h3-17H,2,18-19H2,1H3,(H,27,28,29). The molecule has 3 aromatic carbocycles. The van der Waals surface area contributed by atoms with Gasteiger partial charge < -0.3 is 4.74 Å². The van der Waals surface area contributed by atoms with E-state index in [1.807, 2.05) is 61.5 Å². The highest BCUT2D eigenvalue weighted by Gasteiger charge is 2.55. The molecule has 1 aliphatic rings. The van der Waals surface area contributed by atoms with Gasteiger partial charge in [-0.25, -0.2) is 0 Å². The molecule has 158 valence electrons. The lowest BCUT2D eigenvalue weighted by atomic mass is 9.84. The number of benzene rings is 3. The van der Waals surface area contributed by atoms with Crippen molar-refractivity contribution in [1.82, 2.24) is 5.32 Å². The van der Waals surface area contributed by atoms with Gasteiger partial charge in [0.1, 0.15) is 0 Å². The van der Waals surface area contributed by atoms with Gasteiger partial charge in [0.2, 0.25) is 10.8 Å². The van der Waals surface area contributed by atoms with E-state index in [-0.39, 0.29) is 18.2 Å². The number of hydrogen-bond donors (Lipinski definition) is 1. The van der Waals surface area contributed by atoms with Gasteiger partial charge in [0.15, 0.2) is 0 Å². The minimum atomic E-state index is -1.31. The van der Waals surface area contributed by atoms with E-state index in [2.05, 4.69) is 41.7 Å². The molecule has 3 aromatic rings. The highest BCUT2D eigenvalue weighted by molar-refractivity contribution is 8.02. The van der Waals surface area contributed by atoms with Gasteiger partial charge in [0.25, 0.3) is 5.91 Å². The molecule has 1 fully saturated rings. The highest BCUT2D eigenvalue weighted by Crippen LogP contribution is 2.55. The second-order valence-electron chi connectivity index (χ2n) is 7.54. The molecule has 1 heterocycles. The molecule has 0 spiro atoms. The number of imide groups is 1. The fourth-order valence-corrected chi connectivity index (χ4v) is 5.74. The van der Waals surface area contributed by atoms with Crippen LogP contribution in [-0.4, -0.2) is 23.4 Å². The van der Waals surface area contributed by atoms with Crippen molar-refractivity contribution in [3.05, 3.63) is 108 Å². The maximum Gasteiger partial charge on any atom is 0.269 e. The van der Waals surface area contributed by atoms with E-state index >= 15 is 0 Å². The Morgan fingerprint density at radius 1 is 0.839 bits per heavy atom. The molecule has 5 heteroatoms. The number of ether oxygens (including phenoxy) is 1. The van der Waals surface area contributed by atoms with Crippen molar-refractivity contribution >= 4 is 23.6 Å². The molecular weight excluding hydrogens is 406 g/mol. The molecule has 0 bridgehead atoms. The number of thioether (sulfide) groups is 1. The van der Waals surface area contributed by atoms with Gasteiger partial charge in [0, 0.05) is 6.61 Å². The normalized spacial score (nSPS) is 18.7. The molecule has 0 radical (unpaired) electrons. The number of amides is 2. The SMILES string of the molecule is CCCOC1(SC(c2ccccc2)(c2ccccc2)c2ccccc2)CC(=O)NC1=O. The summed E-state index contributed by atoms with van der Waals surface area (Å²) in [7, 11) is 0. The molecule has 0 aromatic heterocycles. The summed E-state index contributed by atoms with van der Waals surface area (Å²) in [5, 5.41) is 2.47. The largest absolute Gasteiger partial charge is 0.354 e. The molecule has 1 N–H and O–H groups in total. The van der Waals surface area contributed by atoms with Gasteiger partial charge >= 0.3 is 0 Å². The number of carbonyl (C=O) groups excluding carboxylic acids is 2. The van der Waals surface area contributed by atoms with Gasteiger partial charge in [0.05, 0.1) is 11.2 Å². The first-order chi connectivity index (χ1) is 15.1. The summed E-state index contributed by atoms with van der Waals surface area (Å²) in [5.74, 6) is -0.695. The minimum absolute atomic E-state index is 0.00918. The van der Waals surface area contributed by atoms with Crippen molar-refractivity contribution < 1.29 is 14.3 Å². The summed E-state index contributed by atoms with van der Waals surface area (Å²) < 4.78 is 5.42. The van der Waals surface area contributed by atoms with E-state index in [0.29, 0.717) is 6.61 Å². The summed E-state index contributed by atoms with van der Waals surface area (Å²) in [6.07, 6.45) is 0.740. The van der Waals surface area contributed by atoms with Crippen LogP contribution in [0.25, 0.3) is 0 Å². The van der Waals surface area contributed by atoms with E-state index < -0.39 is 9.68 Å². The van der Waals surface area contributed by atoms with Crippen LogP contribution in [0.4, 0.5) is 0 Å². The van der Waals surface area contributed by atoms with Crippen LogP contribution < -0.4 is 5.32 Å². The van der Waals surface area contributed by atoms with Crippen LogP contribution in [0, 0.1) is 0 Å². The van der Waals surface area contributed by atoms with Gasteiger partial charge in [-0.15, -0.1) is 0 Å². The van der Waals surface area contributed by atoms with Crippen LogP contribution in [0.3, 0.4) is 0 Å². The van der Waals surface area contributed by atoms with Crippen LogP contribution in [0.2, 0.25) is 0 Å². The molecule has 4 nitrogen and oxygen atoms in total. The monoisotopic (exact) mass is 431 g/mol. The highest BCUT2D eigenvalue weighted by atomic mass is 32.2. The number of rotatable bonds is 8. The zero-order valence-corrected chi connectivity index (χ0v) is 18.2. The minimum Gasteiger partial charge on any atom is -0.354 e. The van der Waals surface area contributed by atoms with E-state index in [9.17, 15) is 9.59 Å². The van der Waals surface area contributed by atoms with E-state index in [4.69, 9.17) is 4.74 Å². The van der Waals surface area contributed by atoms with Gasteiger partial charge in [-0.2, -0.15) is 0 Å². The second kappa shape index (κ2) is 9.08. The zero-order chi connectivity index (χ0) is 21.7. The average molecular weight is 432 g/mol. The Balaban J connectivity index is 1.98. The van der Waals surface area contributed by atoms with Crippen molar-refractivity contribution in [3.63, 3.8) is 0 Å². The summed E-state index contributed by atoms with van der Waals surface area (Å²) in [6, 6.07) is 30.3. The Morgan fingerprint density at radius 2 is 1.29 bits per heavy atom. The molecule has 0 aliphatic carbocycles. The molecule has 1 atom stereocenters. The molecule has 0 saturated carbocycles. The van der Waals surface area contributed by atoms with Crippen molar-refractivity contribution in [2.24, 2.45) is 0 Å². The first-order valence-corrected chi connectivity index (χ1v) is 11.3. The van der Waals surface area contributed by atoms with Crippen molar-refractivity contribution in [2.75, 3.05) is 6.61 Å². The van der Waals surface area contributed by atoms with Crippen LogP contribution >= 0.6 is 11.8 Å². The van der Waals surface area contributed by atoms with Gasteiger partial charge in [-0.05, 0) is 23.1 Å². The number of hydrogen-bond acceptors (Lipinski definition) is 4. The molecule has 31 heavy (non-hydrogen) atoms. The third-order valence-electron chi connectivity index (χ3n) is 5.39. The maximum atomic E-state index is 13.1. The Kier molecular flexibility index (Phi) is 6.25. The van der Waals surface area contributed by atoms with Crippen LogP contribution in [0.1, 0.15) is 36.5 Å². The third kappa shape index (κ3) is 4.03. The van der Waals surface area contributed by atoms with Crippen LogP contribution in [-0.2, 0) is 19.1 Å². The Hall–Kier alpha value is -2.89. The molecule has 4 rings (SSSR count). The molecular formula is C26H25NO3S. The van der Waals surface area contributed by atoms with Gasteiger partial charge in [-0.3, -0.25) is 14.9 Å². The predicted molar refractivity (Wildman–Crippen MR) is 124 cm³/mol. The lowest BCUT2D eigenvalue weighted by molar-refractivity contribution is -0.132.